The van der Waals surface area contributed by atoms with Crippen LogP contribution in [0.1, 0.15) is 9.67 Å². The summed E-state index contributed by atoms with van der Waals surface area (Å²) >= 11 is 3.91. The first kappa shape index (κ1) is 12.0. The second-order valence-corrected chi connectivity index (χ2v) is 4.67. The van der Waals surface area contributed by atoms with Gasteiger partial charge in [0.2, 0.25) is 0 Å². The first-order valence-electron chi connectivity index (χ1n) is 4.39. The quantitative estimate of drug-likeness (QED) is 0.940. The number of aromatic carboxylic acids is 1. The molecule has 4 nitrogen and oxygen atoms in total. The minimum Gasteiger partial charge on any atom is -0.477 e. The van der Waals surface area contributed by atoms with Gasteiger partial charge in [0.1, 0.15) is 21.0 Å². The molecule has 0 aliphatic heterocycles. The maximum atomic E-state index is 12.6. The molecular weight excluding hydrogens is 313 g/mol. The number of ether oxygens (including phenoxy) is 1. The van der Waals surface area contributed by atoms with Gasteiger partial charge in [0.15, 0.2) is 0 Å². The molecule has 0 spiro atoms. The molecule has 0 radical (unpaired) electrons. The molecule has 1 heterocycles. The number of rotatable bonds is 3. The fraction of sp³-hybridized carbons (Fsp3) is 0. The van der Waals surface area contributed by atoms with E-state index in [9.17, 15) is 9.18 Å². The Kier molecular flexibility index (Phi) is 3.39. The molecule has 0 aliphatic rings. The van der Waals surface area contributed by atoms with E-state index in [1.807, 2.05) is 0 Å². The normalized spacial score (nSPS) is 10.2. The zero-order valence-electron chi connectivity index (χ0n) is 8.18. The van der Waals surface area contributed by atoms with E-state index in [1.54, 1.807) is 0 Å². The van der Waals surface area contributed by atoms with E-state index in [1.165, 1.54) is 24.3 Å². The van der Waals surface area contributed by atoms with Crippen molar-refractivity contribution in [1.29, 1.82) is 0 Å². The summed E-state index contributed by atoms with van der Waals surface area (Å²) in [4.78, 5) is 14.7. The first-order chi connectivity index (χ1) is 8.06. The van der Waals surface area contributed by atoms with Crippen LogP contribution in [-0.4, -0.2) is 16.1 Å². The third-order valence-corrected chi connectivity index (χ3v) is 3.54. The predicted molar refractivity (Wildman–Crippen MR) is 63.2 cm³/mol. The summed E-state index contributed by atoms with van der Waals surface area (Å²) in [6, 6.07) is 5.36. The van der Waals surface area contributed by atoms with Gasteiger partial charge >= 0.3 is 5.97 Å². The Morgan fingerprint density at radius 2 is 2.06 bits per heavy atom. The Balaban J connectivity index is 2.22. The summed E-state index contributed by atoms with van der Waals surface area (Å²) in [5.41, 5.74) is 0. The highest BCUT2D eigenvalue weighted by molar-refractivity contribution is 9.10. The van der Waals surface area contributed by atoms with Gasteiger partial charge in [0.05, 0.1) is 0 Å². The van der Waals surface area contributed by atoms with Crippen molar-refractivity contribution in [1.82, 2.24) is 4.98 Å². The smallest absolute Gasteiger partial charge is 0.348 e. The van der Waals surface area contributed by atoms with Gasteiger partial charge < -0.3 is 9.84 Å². The largest absolute Gasteiger partial charge is 0.477 e. The van der Waals surface area contributed by atoms with E-state index in [2.05, 4.69) is 20.9 Å². The zero-order valence-corrected chi connectivity index (χ0v) is 10.6. The minimum atomic E-state index is -1.08. The number of hydrogen-bond donors (Lipinski definition) is 1. The summed E-state index contributed by atoms with van der Waals surface area (Å²) in [6.07, 6.45) is 0. The van der Waals surface area contributed by atoms with Gasteiger partial charge in [0, 0.05) is 0 Å². The van der Waals surface area contributed by atoms with E-state index in [4.69, 9.17) is 9.84 Å². The Labute approximate surface area is 108 Å². The lowest BCUT2D eigenvalue weighted by molar-refractivity contribution is 0.0701. The van der Waals surface area contributed by atoms with Gasteiger partial charge in [-0.15, -0.1) is 0 Å². The average Bonchev–Trinajstić information content (AvgIpc) is 2.63. The highest BCUT2D eigenvalue weighted by atomic mass is 79.9. The van der Waals surface area contributed by atoms with Crippen LogP contribution < -0.4 is 4.74 Å². The van der Waals surface area contributed by atoms with Crippen molar-refractivity contribution < 1.29 is 19.0 Å². The predicted octanol–water partition coefficient (Wildman–Crippen LogP) is 3.54. The Hall–Kier alpha value is -1.47. The molecule has 17 heavy (non-hydrogen) atoms. The lowest BCUT2D eigenvalue weighted by atomic mass is 10.3. The van der Waals surface area contributed by atoms with Crippen LogP contribution in [0.15, 0.2) is 28.9 Å². The van der Waals surface area contributed by atoms with Crippen molar-refractivity contribution in [3.8, 4) is 10.9 Å². The van der Waals surface area contributed by atoms with Crippen LogP contribution in [-0.2, 0) is 0 Å². The van der Waals surface area contributed by atoms with Gasteiger partial charge in [-0.1, -0.05) is 11.3 Å². The topological polar surface area (TPSA) is 59.4 Å². The molecule has 7 heteroatoms. The zero-order chi connectivity index (χ0) is 12.4. The van der Waals surface area contributed by atoms with Crippen molar-refractivity contribution >= 4 is 33.2 Å². The Morgan fingerprint density at radius 1 is 1.41 bits per heavy atom. The van der Waals surface area contributed by atoms with Crippen molar-refractivity contribution in [2.24, 2.45) is 0 Å². The number of carboxylic acids is 1. The molecule has 0 saturated carbocycles. The fourth-order valence-corrected chi connectivity index (χ4v) is 2.42. The van der Waals surface area contributed by atoms with Crippen molar-refractivity contribution in [3.63, 3.8) is 0 Å². The summed E-state index contributed by atoms with van der Waals surface area (Å²) in [5.74, 6) is -1.06. The van der Waals surface area contributed by atoms with Crippen LogP contribution in [0.25, 0.3) is 0 Å². The van der Waals surface area contributed by atoms with E-state index >= 15 is 0 Å². The summed E-state index contributed by atoms with van der Waals surface area (Å²) in [5, 5.41) is 9.00. The molecule has 88 valence electrons. The molecular formula is C10H5BrFNO3S. The highest BCUT2D eigenvalue weighted by Crippen LogP contribution is 2.32. The van der Waals surface area contributed by atoms with E-state index in [-0.39, 0.29) is 20.5 Å². The second-order valence-electron chi connectivity index (χ2n) is 2.96. The number of benzene rings is 1. The number of nitrogens with zero attached hydrogens (tertiary/aromatic N) is 1. The van der Waals surface area contributed by atoms with Crippen molar-refractivity contribution in [2.75, 3.05) is 0 Å². The lowest BCUT2D eigenvalue weighted by Crippen LogP contribution is -1.91. The average molecular weight is 318 g/mol. The molecule has 1 N–H and O–H groups in total. The summed E-state index contributed by atoms with van der Waals surface area (Å²) < 4.78 is 18.2. The molecule has 0 bridgehead atoms. The molecule has 1 aromatic carbocycles. The number of hydrogen-bond acceptors (Lipinski definition) is 4. The van der Waals surface area contributed by atoms with Crippen molar-refractivity contribution in [2.45, 2.75) is 0 Å². The van der Waals surface area contributed by atoms with Crippen LogP contribution >= 0.6 is 27.3 Å². The number of halogens is 2. The number of carboxylic acid groups (broad SMARTS) is 1. The van der Waals surface area contributed by atoms with Crippen LogP contribution in [0.2, 0.25) is 0 Å². The van der Waals surface area contributed by atoms with Crippen LogP contribution in [0.5, 0.6) is 10.9 Å². The SMILES string of the molecule is O=C(O)c1sc(Oc2ccc(F)cc2)nc1Br. The van der Waals surface area contributed by atoms with E-state index in [0.29, 0.717) is 5.75 Å². The molecule has 2 aromatic rings. The number of carbonyl (C=O) groups is 1. The molecule has 0 atom stereocenters. The maximum Gasteiger partial charge on any atom is 0.348 e. The van der Waals surface area contributed by atoms with E-state index in [0.717, 1.165) is 11.3 Å². The van der Waals surface area contributed by atoms with Gasteiger partial charge in [-0.2, -0.15) is 4.98 Å². The van der Waals surface area contributed by atoms with Gasteiger partial charge in [-0.3, -0.25) is 0 Å². The Bertz CT molecular complexity index is 555. The summed E-state index contributed by atoms with van der Waals surface area (Å²) in [6.45, 7) is 0. The summed E-state index contributed by atoms with van der Waals surface area (Å²) in [7, 11) is 0. The lowest BCUT2D eigenvalue weighted by Gasteiger charge is -1.99. The highest BCUT2D eigenvalue weighted by Gasteiger charge is 2.16. The third-order valence-electron chi connectivity index (χ3n) is 1.78. The molecule has 0 aliphatic carbocycles. The monoisotopic (exact) mass is 317 g/mol. The second kappa shape index (κ2) is 4.80. The molecule has 1 aromatic heterocycles. The maximum absolute atomic E-state index is 12.6. The molecule has 0 amide bonds. The van der Waals surface area contributed by atoms with Gasteiger partial charge in [-0.05, 0) is 40.2 Å². The number of aromatic nitrogens is 1. The standard InChI is InChI=1S/C10H5BrFNO3S/c11-8-7(9(14)15)17-10(13-8)16-6-3-1-5(12)2-4-6/h1-4H,(H,14,15). The molecule has 0 saturated heterocycles. The third kappa shape index (κ3) is 2.80. The minimum absolute atomic E-state index is 0.0575. The Morgan fingerprint density at radius 3 is 2.59 bits per heavy atom. The molecule has 0 unspecified atom stereocenters. The van der Waals surface area contributed by atoms with Gasteiger partial charge in [-0.25, -0.2) is 9.18 Å². The first-order valence-corrected chi connectivity index (χ1v) is 6.00. The number of thiazole rings is 1. The van der Waals surface area contributed by atoms with Crippen LogP contribution in [0, 0.1) is 5.82 Å². The molecule has 0 fully saturated rings. The van der Waals surface area contributed by atoms with Crippen LogP contribution in [0.3, 0.4) is 0 Å². The van der Waals surface area contributed by atoms with Crippen LogP contribution in [0.4, 0.5) is 4.39 Å². The van der Waals surface area contributed by atoms with Gasteiger partial charge in [0.25, 0.3) is 5.19 Å². The van der Waals surface area contributed by atoms with Crippen molar-refractivity contribution in [3.05, 3.63) is 39.6 Å². The fourth-order valence-electron chi connectivity index (χ4n) is 1.06. The molecule has 2 rings (SSSR count). The van der Waals surface area contributed by atoms with E-state index < -0.39 is 5.97 Å².